The molecule has 0 aromatic rings. The Hall–Kier alpha value is -0.280. The average Bonchev–Trinajstić information content (AvgIpc) is 3.18. The number of amides is 1. The molecule has 3 nitrogen and oxygen atoms in total. The van der Waals surface area contributed by atoms with Gasteiger partial charge >= 0.3 is 0 Å². The van der Waals surface area contributed by atoms with Crippen LogP contribution in [-0.4, -0.2) is 37.5 Å². The third kappa shape index (κ3) is 2.70. The Balaban J connectivity index is 0.00000146. The first-order valence-electron chi connectivity index (χ1n) is 10.0. The summed E-state index contributed by atoms with van der Waals surface area (Å²) >= 11 is 0. The van der Waals surface area contributed by atoms with Gasteiger partial charge in [0, 0.05) is 19.5 Å². The Morgan fingerprint density at radius 3 is 2.08 bits per heavy atom. The summed E-state index contributed by atoms with van der Waals surface area (Å²) < 4.78 is 0. The molecule has 4 heteroatoms. The zero-order chi connectivity index (χ0) is 15.7. The molecule has 6 aliphatic rings. The molecule has 1 heterocycles. The van der Waals surface area contributed by atoms with Crippen molar-refractivity contribution in [2.45, 2.75) is 57.8 Å². The minimum atomic E-state index is 0. The largest absolute Gasteiger partial charge is 0.345 e. The first-order valence-corrected chi connectivity index (χ1v) is 10.0. The van der Waals surface area contributed by atoms with Crippen molar-refractivity contribution in [3.8, 4) is 0 Å². The molecule has 1 amide bonds. The fraction of sp³-hybridized carbons (Fsp3) is 0.950. The summed E-state index contributed by atoms with van der Waals surface area (Å²) in [7, 11) is 2.11. The van der Waals surface area contributed by atoms with E-state index >= 15 is 0 Å². The summed E-state index contributed by atoms with van der Waals surface area (Å²) in [6.45, 7) is 3.28. The average molecular weight is 353 g/mol. The molecule has 1 saturated heterocycles. The molecule has 1 spiro atoms. The van der Waals surface area contributed by atoms with E-state index in [9.17, 15) is 4.79 Å². The van der Waals surface area contributed by atoms with Gasteiger partial charge in [0.1, 0.15) is 0 Å². The van der Waals surface area contributed by atoms with E-state index in [4.69, 9.17) is 0 Å². The quantitative estimate of drug-likeness (QED) is 0.843. The molecule has 1 aliphatic heterocycles. The highest BCUT2D eigenvalue weighted by Crippen LogP contribution is 2.61. The molecule has 0 aromatic heterocycles. The lowest BCUT2D eigenvalue weighted by atomic mass is 9.49. The lowest BCUT2D eigenvalue weighted by Gasteiger charge is -2.57. The molecular formula is C20H33ClN2O. The Kier molecular flexibility index (Phi) is 4.20. The summed E-state index contributed by atoms with van der Waals surface area (Å²) in [4.78, 5) is 15.2. The molecule has 5 aliphatic carbocycles. The molecule has 24 heavy (non-hydrogen) atoms. The van der Waals surface area contributed by atoms with Gasteiger partial charge in [-0.3, -0.25) is 4.79 Å². The summed E-state index contributed by atoms with van der Waals surface area (Å²) in [5.41, 5.74) is 0.882. The lowest BCUT2D eigenvalue weighted by molar-refractivity contribution is -0.137. The van der Waals surface area contributed by atoms with Crippen LogP contribution in [0.25, 0.3) is 0 Å². The van der Waals surface area contributed by atoms with Gasteiger partial charge in [0.25, 0.3) is 0 Å². The van der Waals surface area contributed by atoms with Crippen LogP contribution in [0.2, 0.25) is 0 Å². The number of rotatable bonds is 3. The van der Waals surface area contributed by atoms with Crippen molar-refractivity contribution in [2.75, 3.05) is 26.7 Å². The Bertz CT molecular complexity index is 478. The minimum Gasteiger partial charge on any atom is -0.345 e. The monoisotopic (exact) mass is 352 g/mol. The number of hydrogen-bond acceptors (Lipinski definition) is 2. The molecule has 1 unspecified atom stereocenters. The summed E-state index contributed by atoms with van der Waals surface area (Å²) in [6, 6.07) is 0. The molecule has 4 bridgehead atoms. The molecule has 1 atom stereocenters. The Labute approximate surface area is 152 Å². The predicted molar refractivity (Wildman–Crippen MR) is 98.1 cm³/mol. The second-order valence-electron chi connectivity index (χ2n) is 9.98. The van der Waals surface area contributed by atoms with Crippen molar-refractivity contribution >= 4 is 18.3 Å². The maximum atomic E-state index is 13.0. The van der Waals surface area contributed by atoms with Gasteiger partial charge in [-0.1, -0.05) is 0 Å². The van der Waals surface area contributed by atoms with Crippen LogP contribution in [0.3, 0.4) is 0 Å². The number of carbonyl (C=O) groups is 1. The van der Waals surface area contributed by atoms with Crippen LogP contribution >= 0.6 is 12.4 Å². The van der Waals surface area contributed by atoms with Crippen molar-refractivity contribution in [1.29, 1.82) is 0 Å². The molecule has 1 N–H and O–H groups in total. The molecule has 6 rings (SSSR count). The SMILES string of the molecule is CN(CC12CC3CC(CC(C3)C1)C2)C(=O)C1CC12CCNCC2.Cl. The third-order valence-electron chi connectivity index (χ3n) is 8.20. The van der Waals surface area contributed by atoms with Crippen molar-refractivity contribution in [3.63, 3.8) is 0 Å². The van der Waals surface area contributed by atoms with Gasteiger partial charge in [0.15, 0.2) is 0 Å². The normalized spacial score (nSPS) is 44.2. The Morgan fingerprint density at radius 2 is 1.54 bits per heavy atom. The van der Waals surface area contributed by atoms with Crippen LogP contribution in [0.5, 0.6) is 0 Å². The number of hydrogen-bond donors (Lipinski definition) is 1. The summed E-state index contributed by atoms with van der Waals surface area (Å²) in [6.07, 6.45) is 12.3. The maximum absolute atomic E-state index is 13.0. The highest BCUT2D eigenvalue weighted by atomic mass is 35.5. The van der Waals surface area contributed by atoms with Crippen LogP contribution in [-0.2, 0) is 4.79 Å². The Morgan fingerprint density at radius 1 is 1.00 bits per heavy atom. The third-order valence-corrected chi connectivity index (χ3v) is 8.20. The summed E-state index contributed by atoms with van der Waals surface area (Å²) in [5.74, 6) is 3.79. The number of halogens is 1. The van der Waals surface area contributed by atoms with Gasteiger partial charge in [0.05, 0.1) is 0 Å². The van der Waals surface area contributed by atoms with Crippen molar-refractivity contribution in [1.82, 2.24) is 10.2 Å². The minimum absolute atomic E-state index is 0. The van der Waals surface area contributed by atoms with E-state index in [1.54, 1.807) is 0 Å². The smallest absolute Gasteiger partial charge is 0.226 e. The van der Waals surface area contributed by atoms with Crippen molar-refractivity contribution in [2.24, 2.45) is 34.5 Å². The maximum Gasteiger partial charge on any atom is 0.226 e. The molecule has 0 aromatic carbocycles. The van der Waals surface area contributed by atoms with E-state index in [0.717, 1.165) is 37.4 Å². The van der Waals surface area contributed by atoms with E-state index in [-0.39, 0.29) is 12.4 Å². The highest BCUT2D eigenvalue weighted by molar-refractivity contribution is 5.85. The van der Waals surface area contributed by atoms with E-state index in [0.29, 0.717) is 22.7 Å². The van der Waals surface area contributed by atoms with Crippen LogP contribution in [0.15, 0.2) is 0 Å². The van der Waals surface area contributed by atoms with Crippen LogP contribution in [0.1, 0.15) is 57.8 Å². The number of piperidine rings is 1. The fourth-order valence-electron chi connectivity index (χ4n) is 7.50. The molecule has 136 valence electrons. The van der Waals surface area contributed by atoms with E-state index in [1.165, 1.54) is 57.8 Å². The van der Waals surface area contributed by atoms with Gasteiger partial charge < -0.3 is 10.2 Å². The van der Waals surface area contributed by atoms with Gasteiger partial charge in [0.2, 0.25) is 5.91 Å². The number of carbonyl (C=O) groups excluding carboxylic acids is 1. The zero-order valence-corrected chi connectivity index (χ0v) is 15.9. The van der Waals surface area contributed by atoms with Crippen molar-refractivity contribution in [3.05, 3.63) is 0 Å². The molecule has 0 radical (unpaired) electrons. The molecule has 6 fully saturated rings. The zero-order valence-electron chi connectivity index (χ0n) is 15.1. The van der Waals surface area contributed by atoms with Gasteiger partial charge in [-0.25, -0.2) is 0 Å². The van der Waals surface area contributed by atoms with E-state index in [2.05, 4.69) is 17.3 Å². The van der Waals surface area contributed by atoms with E-state index < -0.39 is 0 Å². The first-order chi connectivity index (χ1) is 11.1. The predicted octanol–water partition coefficient (Wildman–Crippen LogP) is 3.47. The lowest BCUT2D eigenvalue weighted by Crippen LogP contribution is -2.51. The first kappa shape index (κ1) is 17.1. The van der Waals surface area contributed by atoms with Gasteiger partial charge in [-0.05, 0) is 99.5 Å². The van der Waals surface area contributed by atoms with Crippen LogP contribution in [0, 0.1) is 34.5 Å². The standard InChI is InChI=1S/C20H32N2O.ClH/c1-22(18(23)17-12-20(17)2-4-21-5-3-20)13-19-9-14-6-15(10-19)8-16(7-14)11-19;/h14-17,21H,2-13H2,1H3;1H. The summed E-state index contributed by atoms with van der Waals surface area (Å²) in [5, 5.41) is 3.45. The van der Waals surface area contributed by atoms with Crippen LogP contribution in [0.4, 0.5) is 0 Å². The van der Waals surface area contributed by atoms with Crippen molar-refractivity contribution < 1.29 is 4.79 Å². The number of nitrogens with zero attached hydrogens (tertiary/aromatic N) is 1. The van der Waals surface area contributed by atoms with Gasteiger partial charge in [-0.15, -0.1) is 12.4 Å². The highest BCUT2D eigenvalue weighted by Gasteiger charge is 2.59. The number of nitrogens with one attached hydrogen (secondary N) is 1. The molecular weight excluding hydrogens is 320 g/mol. The molecule has 5 saturated carbocycles. The fourth-order valence-corrected chi connectivity index (χ4v) is 7.50. The second kappa shape index (κ2) is 5.87. The van der Waals surface area contributed by atoms with E-state index in [1.807, 2.05) is 0 Å². The van der Waals surface area contributed by atoms with Gasteiger partial charge in [-0.2, -0.15) is 0 Å². The van der Waals surface area contributed by atoms with Crippen LogP contribution < -0.4 is 5.32 Å². The topological polar surface area (TPSA) is 32.3 Å². The second-order valence-corrected chi connectivity index (χ2v) is 9.98.